The van der Waals surface area contributed by atoms with Crippen LogP contribution in [0, 0.1) is 13.8 Å². The molecule has 1 aromatic heterocycles. The Bertz CT molecular complexity index is 985. The van der Waals surface area contributed by atoms with E-state index in [1.807, 2.05) is 83.1 Å². The van der Waals surface area contributed by atoms with E-state index in [4.69, 9.17) is 4.74 Å². The van der Waals surface area contributed by atoms with Gasteiger partial charge in [0.1, 0.15) is 0 Å². The van der Waals surface area contributed by atoms with E-state index in [-0.39, 0.29) is 0 Å². The minimum atomic E-state index is -1.10. The van der Waals surface area contributed by atoms with E-state index in [2.05, 4.69) is 4.98 Å². The molecule has 4 heteroatoms. The lowest BCUT2D eigenvalue weighted by molar-refractivity contribution is -0.160. The van der Waals surface area contributed by atoms with Crippen molar-refractivity contribution < 1.29 is 14.6 Å². The Morgan fingerprint density at radius 1 is 1.04 bits per heavy atom. The molecule has 0 saturated heterocycles. The summed E-state index contributed by atoms with van der Waals surface area (Å²) in [7, 11) is 0. The molecule has 0 bridgehead atoms. The number of nitrogens with zero attached hydrogens (tertiary/aromatic N) is 1. The molecule has 0 spiro atoms. The third-order valence-electron chi connectivity index (χ3n) is 4.42. The molecule has 4 nitrogen and oxygen atoms in total. The van der Waals surface area contributed by atoms with Crippen LogP contribution < -0.4 is 0 Å². The number of carbonyl (C=O) groups is 1. The SMILES string of the molecule is Cc1ccc(-c2c(C(OC(C)(C)C)C(=O)O)c(C)nc3ccccc23)cc1. The maximum Gasteiger partial charge on any atom is 0.337 e. The monoisotopic (exact) mass is 363 g/mol. The summed E-state index contributed by atoms with van der Waals surface area (Å²) >= 11 is 0. The molecule has 0 fully saturated rings. The summed E-state index contributed by atoms with van der Waals surface area (Å²) in [6.45, 7) is 9.46. The topological polar surface area (TPSA) is 59.4 Å². The predicted octanol–water partition coefficient (Wildman–Crippen LogP) is 5.46. The van der Waals surface area contributed by atoms with Crippen LogP contribution in [0.4, 0.5) is 0 Å². The van der Waals surface area contributed by atoms with Gasteiger partial charge in [-0.2, -0.15) is 0 Å². The zero-order valence-corrected chi connectivity index (χ0v) is 16.4. The first-order chi connectivity index (χ1) is 12.7. The molecule has 1 heterocycles. The van der Waals surface area contributed by atoms with Crippen molar-refractivity contribution in [3.05, 3.63) is 65.4 Å². The Balaban J connectivity index is 2.37. The highest BCUT2D eigenvalue weighted by Crippen LogP contribution is 2.39. The van der Waals surface area contributed by atoms with Crippen molar-refractivity contribution in [1.82, 2.24) is 4.98 Å². The van der Waals surface area contributed by atoms with Gasteiger partial charge in [0, 0.05) is 16.6 Å². The second-order valence-electron chi connectivity index (χ2n) is 7.82. The number of hydrogen-bond acceptors (Lipinski definition) is 3. The van der Waals surface area contributed by atoms with Gasteiger partial charge in [-0.05, 0) is 51.8 Å². The quantitative estimate of drug-likeness (QED) is 0.669. The van der Waals surface area contributed by atoms with Gasteiger partial charge < -0.3 is 9.84 Å². The number of aromatic nitrogens is 1. The third-order valence-corrected chi connectivity index (χ3v) is 4.42. The van der Waals surface area contributed by atoms with Crippen LogP contribution in [0.3, 0.4) is 0 Å². The Hall–Kier alpha value is -2.72. The molecule has 0 saturated carbocycles. The van der Waals surface area contributed by atoms with E-state index in [1.54, 1.807) is 0 Å². The highest BCUT2D eigenvalue weighted by atomic mass is 16.5. The van der Waals surface area contributed by atoms with E-state index in [0.717, 1.165) is 27.6 Å². The second-order valence-corrected chi connectivity index (χ2v) is 7.82. The van der Waals surface area contributed by atoms with Gasteiger partial charge in [0.05, 0.1) is 11.1 Å². The van der Waals surface area contributed by atoms with Crippen molar-refractivity contribution in [2.24, 2.45) is 0 Å². The Morgan fingerprint density at radius 2 is 1.67 bits per heavy atom. The van der Waals surface area contributed by atoms with Crippen molar-refractivity contribution in [1.29, 1.82) is 0 Å². The first-order valence-electron chi connectivity index (χ1n) is 9.04. The molecule has 0 aliphatic carbocycles. The minimum absolute atomic E-state index is 0.605. The van der Waals surface area contributed by atoms with Crippen molar-refractivity contribution in [3.63, 3.8) is 0 Å². The Labute approximate surface area is 159 Å². The summed E-state index contributed by atoms with van der Waals surface area (Å²) < 4.78 is 5.96. The van der Waals surface area contributed by atoms with Crippen LogP contribution in [0.2, 0.25) is 0 Å². The summed E-state index contributed by atoms with van der Waals surface area (Å²) in [4.78, 5) is 16.8. The van der Waals surface area contributed by atoms with Gasteiger partial charge in [-0.25, -0.2) is 4.79 Å². The fourth-order valence-corrected chi connectivity index (χ4v) is 3.29. The lowest BCUT2D eigenvalue weighted by Gasteiger charge is -2.28. The van der Waals surface area contributed by atoms with Crippen LogP contribution in [0.1, 0.15) is 43.7 Å². The van der Waals surface area contributed by atoms with Gasteiger partial charge in [-0.3, -0.25) is 4.98 Å². The molecular formula is C23H25NO3. The van der Waals surface area contributed by atoms with Crippen LogP contribution in [-0.4, -0.2) is 21.7 Å². The lowest BCUT2D eigenvalue weighted by Crippen LogP contribution is -2.28. The van der Waals surface area contributed by atoms with Crippen LogP contribution in [0.15, 0.2) is 48.5 Å². The van der Waals surface area contributed by atoms with Crippen molar-refractivity contribution in [3.8, 4) is 11.1 Å². The van der Waals surface area contributed by atoms with Gasteiger partial charge in [-0.15, -0.1) is 0 Å². The summed E-state index contributed by atoms with van der Waals surface area (Å²) in [6, 6.07) is 15.9. The summed E-state index contributed by atoms with van der Waals surface area (Å²) in [5.41, 5.74) is 4.49. The molecule has 0 radical (unpaired) electrons. The van der Waals surface area contributed by atoms with E-state index >= 15 is 0 Å². The van der Waals surface area contributed by atoms with Crippen LogP contribution in [0.5, 0.6) is 0 Å². The lowest BCUT2D eigenvalue weighted by atomic mass is 9.90. The summed E-state index contributed by atoms with van der Waals surface area (Å²) in [5.74, 6) is -1.02. The van der Waals surface area contributed by atoms with Crippen LogP contribution in [-0.2, 0) is 9.53 Å². The zero-order chi connectivity index (χ0) is 19.8. The number of fused-ring (bicyclic) bond motifs is 1. The average molecular weight is 363 g/mol. The molecule has 1 unspecified atom stereocenters. The van der Waals surface area contributed by atoms with Crippen LogP contribution in [0.25, 0.3) is 22.0 Å². The number of rotatable bonds is 4. The zero-order valence-electron chi connectivity index (χ0n) is 16.4. The molecule has 1 N–H and O–H groups in total. The number of benzene rings is 2. The molecule has 1 atom stereocenters. The van der Waals surface area contributed by atoms with Gasteiger partial charge in [0.2, 0.25) is 0 Å². The maximum absolute atomic E-state index is 12.2. The fourth-order valence-electron chi connectivity index (χ4n) is 3.29. The molecule has 2 aromatic carbocycles. The minimum Gasteiger partial charge on any atom is -0.479 e. The molecule has 0 amide bonds. The molecule has 140 valence electrons. The van der Waals surface area contributed by atoms with Gasteiger partial charge in [-0.1, -0.05) is 48.0 Å². The number of aliphatic carboxylic acids is 1. The summed E-state index contributed by atoms with van der Waals surface area (Å²) in [5, 5.41) is 10.9. The number of para-hydroxylation sites is 1. The third kappa shape index (κ3) is 4.01. The molecular weight excluding hydrogens is 338 g/mol. The van der Waals surface area contributed by atoms with E-state index in [9.17, 15) is 9.90 Å². The molecule has 3 rings (SSSR count). The number of carboxylic acids is 1. The number of pyridine rings is 1. The number of ether oxygens (including phenoxy) is 1. The van der Waals surface area contributed by atoms with Crippen molar-refractivity contribution in [2.45, 2.75) is 46.3 Å². The van der Waals surface area contributed by atoms with Crippen LogP contribution >= 0.6 is 0 Å². The number of aryl methyl sites for hydroxylation is 2. The molecule has 27 heavy (non-hydrogen) atoms. The van der Waals surface area contributed by atoms with Crippen molar-refractivity contribution in [2.75, 3.05) is 0 Å². The van der Waals surface area contributed by atoms with Gasteiger partial charge in [0.25, 0.3) is 0 Å². The smallest absolute Gasteiger partial charge is 0.337 e. The van der Waals surface area contributed by atoms with E-state index in [0.29, 0.717) is 11.3 Å². The second kappa shape index (κ2) is 7.12. The molecule has 0 aliphatic rings. The summed E-state index contributed by atoms with van der Waals surface area (Å²) in [6.07, 6.45) is -1.10. The normalized spacial score (nSPS) is 12.9. The van der Waals surface area contributed by atoms with Gasteiger partial charge >= 0.3 is 5.97 Å². The fraction of sp³-hybridized carbons (Fsp3) is 0.304. The number of carboxylic acid groups (broad SMARTS) is 1. The standard InChI is InChI=1S/C23H25NO3/c1-14-10-12-16(13-11-14)20-17-8-6-7-9-18(17)24-15(2)19(20)21(22(25)26)27-23(3,4)5/h6-13,21H,1-5H3,(H,25,26). The molecule has 3 aromatic rings. The van der Waals surface area contributed by atoms with Crippen molar-refractivity contribution >= 4 is 16.9 Å². The Morgan fingerprint density at radius 3 is 2.26 bits per heavy atom. The largest absolute Gasteiger partial charge is 0.479 e. The first kappa shape index (κ1) is 19.1. The molecule has 0 aliphatic heterocycles. The predicted molar refractivity (Wildman–Crippen MR) is 108 cm³/mol. The Kier molecular flexibility index (Phi) is 5.03. The van der Waals surface area contributed by atoms with Gasteiger partial charge in [0.15, 0.2) is 6.10 Å². The highest BCUT2D eigenvalue weighted by molar-refractivity contribution is 5.98. The van der Waals surface area contributed by atoms with E-state index in [1.165, 1.54) is 0 Å². The van der Waals surface area contributed by atoms with E-state index < -0.39 is 17.7 Å². The maximum atomic E-state index is 12.2. The first-order valence-corrected chi connectivity index (χ1v) is 9.04. The highest BCUT2D eigenvalue weighted by Gasteiger charge is 2.32. The number of hydrogen-bond donors (Lipinski definition) is 1. The average Bonchev–Trinajstić information content (AvgIpc) is 2.59.